The predicted octanol–water partition coefficient (Wildman–Crippen LogP) is 3.22. The lowest BCUT2D eigenvalue weighted by Gasteiger charge is -2.16. The van der Waals surface area contributed by atoms with Gasteiger partial charge in [-0.15, -0.1) is 11.3 Å². The summed E-state index contributed by atoms with van der Waals surface area (Å²) in [6.45, 7) is 0. The van der Waals surface area contributed by atoms with Gasteiger partial charge in [0.05, 0.1) is 17.6 Å². The zero-order valence-electron chi connectivity index (χ0n) is 9.98. The number of aromatic nitrogens is 1. The maximum atomic E-state index is 12.1. The second-order valence-corrected chi connectivity index (χ2v) is 5.61. The normalized spacial score (nSPS) is 10.2. The maximum Gasteiger partial charge on any atom is 0.266 e. The molecule has 0 fully saturated rings. The Kier molecular flexibility index (Phi) is 3.98. The fraction of sp³-hybridized carbons (Fsp3) is 0.167. The van der Waals surface area contributed by atoms with Gasteiger partial charge < -0.3 is 10.2 Å². The van der Waals surface area contributed by atoms with Gasteiger partial charge in [0.15, 0.2) is 0 Å². The van der Waals surface area contributed by atoms with Crippen molar-refractivity contribution >= 4 is 44.5 Å². The summed E-state index contributed by atoms with van der Waals surface area (Å²) < 4.78 is 0.806. The summed E-state index contributed by atoms with van der Waals surface area (Å²) in [6.07, 6.45) is 3.35. The maximum absolute atomic E-state index is 12.1. The van der Waals surface area contributed by atoms with Gasteiger partial charge in [0.2, 0.25) is 0 Å². The standard InChI is InChI=1S/C12H12BrN3OS/c1-16(2)10-3-5-14-7-9(10)15-12(17)11-8(13)4-6-18-11/h3-7H,1-2H3,(H,15,17). The molecule has 1 N–H and O–H groups in total. The minimum absolute atomic E-state index is 0.132. The molecule has 2 heterocycles. The molecule has 4 nitrogen and oxygen atoms in total. The second-order valence-electron chi connectivity index (χ2n) is 3.84. The fourth-order valence-electron chi connectivity index (χ4n) is 1.51. The van der Waals surface area contributed by atoms with Crippen molar-refractivity contribution in [1.82, 2.24) is 4.98 Å². The zero-order chi connectivity index (χ0) is 13.1. The molecule has 2 rings (SSSR count). The molecule has 2 aromatic heterocycles. The Morgan fingerprint density at radius 2 is 2.22 bits per heavy atom. The number of carbonyl (C=O) groups is 1. The number of nitrogens with one attached hydrogen (secondary N) is 1. The van der Waals surface area contributed by atoms with Crippen molar-refractivity contribution in [1.29, 1.82) is 0 Å². The van der Waals surface area contributed by atoms with Crippen molar-refractivity contribution in [2.45, 2.75) is 0 Å². The van der Waals surface area contributed by atoms with E-state index in [1.54, 1.807) is 12.4 Å². The van der Waals surface area contributed by atoms with E-state index >= 15 is 0 Å². The van der Waals surface area contributed by atoms with Crippen LogP contribution in [0.4, 0.5) is 11.4 Å². The van der Waals surface area contributed by atoms with Gasteiger partial charge in [0.1, 0.15) is 4.88 Å². The van der Waals surface area contributed by atoms with E-state index < -0.39 is 0 Å². The third-order valence-electron chi connectivity index (χ3n) is 2.35. The zero-order valence-corrected chi connectivity index (χ0v) is 12.4. The van der Waals surface area contributed by atoms with E-state index in [1.807, 2.05) is 36.5 Å². The fourth-order valence-corrected chi connectivity index (χ4v) is 2.95. The highest BCUT2D eigenvalue weighted by Gasteiger charge is 2.14. The number of carbonyl (C=O) groups excluding carboxylic acids is 1. The molecule has 0 unspecified atom stereocenters. The molecular weight excluding hydrogens is 314 g/mol. The van der Waals surface area contributed by atoms with Crippen LogP contribution in [0.2, 0.25) is 0 Å². The molecular formula is C12H12BrN3OS. The van der Waals surface area contributed by atoms with Crippen molar-refractivity contribution in [2.24, 2.45) is 0 Å². The predicted molar refractivity (Wildman–Crippen MR) is 78.5 cm³/mol. The van der Waals surface area contributed by atoms with Crippen molar-refractivity contribution in [3.05, 3.63) is 39.3 Å². The van der Waals surface area contributed by atoms with Crippen molar-refractivity contribution in [2.75, 3.05) is 24.3 Å². The monoisotopic (exact) mass is 325 g/mol. The molecule has 18 heavy (non-hydrogen) atoms. The number of anilines is 2. The Bertz CT molecular complexity index is 568. The third kappa shape index (κ3) is 2.70. The lowest BCUT2D eigenvalue weighted by molar-refractivity contribution is 0.103. The molecule has 1 amide bonds. The van der Waals surface area contributed by atoms with Gasteiger partial charge in [-0.1, -0.05) is 0 Å². The molecule has 0 aliphatic heterocycles. The molecule has 0 saturated carbocycles. The smallest absolute Gasteiger partial charge is 0.266 e. The van der Waals surface area contributed by atoms with Crippen LogP contribution >= 0.6 is 27.3 Å². The van der Waals surface area contributed by atoms with Crippen LogP contribution in [0.5, 0.6) is 0 Å². The Hall–Kier alpha value is -1.40. The number of amides is 1. The van der Waals surface area contributed by atoms with Gasteiger partial charge in [-0.3, -0.25) is 9.78 Å². The average molecular weight is 326 g/mol. The summed E-state index contributed by atoms with van der Waals surface area (Å²) in [5, 5.41) is 4.74. The number of thiophene rings is 1. The topological polar surface area (TPSA) is 45.2 Å². The Labute approximate surface area is 118 Å². The molecule has 0 saturated heterocycles. The van der Waals surface area contributed by atoms with Gasteiger partial charge in [-0.2, -0.15) is 0 Å². The number of hydrogen-bond donors (Lipinski definition) is 1. The highest BCUT2D eigenvalue weighted by molar-refractivity contribution is 9.10. The highest BCUT2D eigenvalue weighted by atomic mass is 79.9. The summed E-state index contributed by atoms with van der Waals surface area (Å²) in [5.74, 6) is -0.132. The lowest BCUT2D eigenvalue weighted by Crippen LogP contribution is -2.16. The second kappa shape index (κ2) is 5.49. The molecule has 0 aliphatic rings. The Balaban J connectivity index is 2.25. The van der Waals surface area contributed by atoms with Gasteiger partial charge in [-0.05, 0) is 33.4 Å². The molecule has 0 atom stereocenters. The van der Waals surface area contributed by atoms with Crippen molar-refractivity contribution in [3.8, 4) is 0 Å². The van der Waals surface area contributed by atoms with E-state index in [-0.39, 0.29) is 5.91 Å². The summed E-state index contributed by atoms with van der Waals surface area (Å²) in [5.41, 5.74) is 1.62. The van der Waals surface area contributed by atoms with Crippen molar-refractivity contribution < 1.29 is 4.79 Å². The third-order valence-corrected chi connectivity index (χ3v) is 4.19. The Morgan fingerprint density at radius 3 is 2.83 bits per heavy atom. The highest BCUT2D eigenvalue weighted by Crippen LogP contribution is 2.26. The van der Waals surface area contributed by atoms with Crippen LogP contribution in [0, 0.1) is 0 Å². The first-order valence-electron chi connectivity index (χ1n) is 5.25. The molecule has 0 radical (unpaired) electrons. The van der Waals surface area contributed by atoms with E-state index in [1.165, 1.54) is 11.3 Å². The minimum Gasteiger partial charge on any atom is -0.376 e. The molecule has 0 aliphatic carbocycles. The van der Waals surface area contributed by atoms with E-state index in [4.69, 9.17) is 0 Å². The van der Waals surface area contributed by atoms with Crippen LogP contribution in [0.15, 0.2) is 34.4 Å². The van der Waals surface area contributed by atoms with Crippen LogP contribution in [-0.4, -0.2) is 25.0 Å². The van der Waals surface area contributed by atoms with Crippen LogP contribution in [-0.2, 0) is 0 Å². The van der Waals surface area contributed by atoms with Crippen LogP contribution in [0.1, 0.15) is 9.67 Å². The number of rotatable bonds is 3. The quantitative estimate of drug-likeness (QED) is 0.942. The first kappa shape index (κ1) is 13.0. The lowest BCUT2D eigenvalue weighted by atomic mass is 10.3. The van der Waals surface area contributed by atoms with Crippen molar-refractivity contribution in [3.63, 3.8) is 0 Å². The van der Waals surface area contributed by atoms with E-state index in [0.717, 1.165) is 10.2 Å². The first-order valence-corrected chi connectivity index (χ1v) is 6.92. The van der Waals surface area contributed by atoms with Gasteiger partial charge in [0, 0.05) is 24.8 Å². The molecule has 0 spiro atoms. The first-order chi connectivity index (χ1) is 8.59. The molecule has 0 bridgehead atoms. The molecule has 6 heteroatoms. The van der Waals surface area contributed by atoms with Gasteiger partial charge >= 0.3 is 0 Å². The Morgan fingerprint density at radius 1 is 1.44 bits per heavy atom. The number of pyridine rings is 1. The van der Waals surface area contributed by atoms with Crippen LogP contribution in [0.25, 0.3) is 0 Å². The molecule has 2 aromatic rings. The summed E-state index contributed by atoms with van der Waals surface area (Å²) >= 11 is 4.75. The van der Waals surface area contributed by atoms with Crippen LogP contribution in [0.3, 0.4) is 0 Å². The summed E-state index contributed by atoms with van der Waals surface area (Å²) in [6, 6.07) is 3.72. The number of halogens is 1. The van der Waals surface area contributed by atoms with Gasteiger partial charge in [-0.25, -0.2) is 0 Å². The SMILES string of the molecule is CN(C)c1ccncc1NC(=O)c1sccc1Br. The average Bonchev–Trinajstić information content (AvgIpc) is 2.76. The largest absolute Gasteiger partial charge is 0.376 e. The minimum atomic E-state index is -0.132. The van der Waals surface area contributed by atoms with E-state index in [0.29, 0.717) is 10.6 Å². The van der Waals surface area contributed by atoms with Gasteiger partial charge in [0.25, 0.3) is 5.91 Å². The number of hydrogen-bond acceptors (Lipinski definition) is 4. The summed E-state index contributed by atoms with van der Waals surface area (Å²) in [4.78, 5) is 18.7. The molecule has 0 aromatic carbocycles. The van der Waals surface area contributed by atoms with E-state index in [9.17, 15) is 4.79 Å². The van der Waals surface area contributed by atoms with Crippen LogP contribution < -0.4 is 10.2 Å². The summed E-state index contributed by atoms with van der Waals surface area (Å²) in [7, 11) is 3.85. The van der Waals surface area contributed by atoms with E-state index in [2.05, 4.69) is 26.2 Å². The molecule has 94 valence electrons. The number of nitrogens with zero attached hydrogens (tertiary/aromatic N) is 2.